The summed E-state index contributed by atoms with van der Waals surface area (Å²) in [6.45, 7) is 1.81. The van der Waals surface area contributed by atoms with Crippen molar-refractivity contribution in [1.29, 1.82) is 0 Å². The molecule has 0 aliphatic carbocycles. The lowest BCUT2D eigenvalue weighted by Crippen LogP contribution is -2.16. The third-order valence-corrected chi connectivity index (χ3v) is 2.54. The van der Waals surface area contributed by atoms with Crippen molar-refractivity contribution in [3.63, 3.8) is 0 Å². The number of nitrogens with two attached hydrogens (primary N) is 1. The molecule has 0 saturated heterocycles. The molecule has 1 aromatic heterocycles. The number of amides is 1. The Hall–Kier alpha value is -2.37. The van der Waals surface area contributed by atoms with E-state index in [0.29, 0.717) is 5.82 Å². The minimum atomic E-state index is -0.608. The molecule has 0 spiro atoms. The summed E-state index contributed by atoms with van der Waals surface area (Å²) in [7, 11) is 1.71. The summed E-state index contributed by atoms with van der Waals surface area (Å²) in [5.74, 6) is -0.542. The Kier molecular flexibility index (Phi) is 3.01. The summed E-state index contributed by atoms with van der Waals surface area (Å²) in [4.78, 5) is 11.9. The number of aryl methyl sites for hydroxylation is 2. The summed E-state index contributed by atoms with van der Waals surface area (Å²) < 4.78 is 14.8. The third kappa shape index (κ3) is 2.17. The highest BCUT2D eigenvalue weighted by atomic mass is 19.1. The highest BCUT2D eigenvalue weighted by molar-refractivity contribution is 6.07. The van der Waals surface area contributed by atoms with Gasteiger partial charge in [0.2, 0.25) is 0 Å². The zero-order chi connectivity index (χ0) is 13.3. The minimum absolute atomic E-state index is 0.105. The maximum absolute atomic E-state index is 13.2. The first-order valence-electron chi connectivity index (χ1n) is 5.35. The molecule has 2 rings (SSSR count). The second-order valence-corrected chi connectivity index (χ2v) is 3.95. The molecule has 0 aliphatic rings. The molecule has 2 aromatic rings. The average Bonchev–Trinajstić information content (AvgIpc) is 2.61. The molecule has 0 saturated carbocycles. The number of aromatic nitrogens is 2. The number of benzene rings is 1. The molecule has 5 nitrogen and oxygen atoms in total. The van der Waals surface area contributed by atoms with E-state index in [2.05, 4.69) is 10.4 Å². The van der Waals surface area contributed by atoms with Crippen LogP contribution in [0.15, 0.2) is 24.3 Å². The monoisotopic (exact) mass is 248 g/mol. The predicted octanol–water partition coefficient (Wildman–Crippen LogP) is 1.70. The second-order valence-electron chi connectivity index (χ2n) is 3.95. The summed E-state index contributed by atoms with van der Waals surface area (Å²) in [5, 5.41) is 6.72. The Labute approximate surface area is 103 Å². The van der Waals surface area contributed by atoms with E-state index in [0.717, 1.165) is 5.69 Å². The van der Waals surface area contributed by atoms with E-state index in [9.17, 15) is 9.18 Å². The summed E-state index contributed by atoms with van der Waals surface area (Å²) in [6.07, 6.45) is 0. The molecule has 94 valence electrons. The smallest absolute Gasteiger partial charge is 0.259 e. The van der Waals surface area contributed by atoms with Crippen molar-refractivity contribution < 1.29 is 9.18 Å². The molecule has 0 atom stereocenters. The number of halogens is 1. The fraction of sp³-hybridized carbons (Fsp3) is 0.167. The second kappa shape index (κ2) is 4.48. The molecule has 0 radical (unpaired) electrons. The van der Waals surface area contributed by atoms with Gasteiger partial charge in [0.05, 0.1) is 16.9 Å². The molecule has 1 amide bonds. The Morgan fingerprint density at radius 3 is 2.83 bits per heavy atom. The van der Waals surface area contributed by atoms with Gasteiger partial charge in [-0.3, -0.25) is 9.48 Å². The summed E-state index contributed by atoms with van der Waals surface area (Å²) >= 11 is 0. The van der Waals surface area contributed by atoms with E-state index in [4.69, 9.17) is 5.73 Å². The van der Waals surface area contributed by atoms with Gasteiger partial charge in [0.25, 0.3) is 5.91 Å². The lowest BCUT2D eigenvalue weighted by molar-refractivity contribution is 0.102. The van der Waals surface area contributed by atoms with Crippen LogP contribution in [0.25, 0.3) is 0 Å². The van der Waals surface area contributed by atoms with Gasteiger partial charge in [-0.1, -0.05) is 6.07 Å². The first kappa shape index (κ1) is 12.1. The summed E-state index contributed by atoms with van der Waals surface area (Å²) in [5.41, 5.74) is 6.25. The van der Waals surface area contributed by atoms with Crippen molar-refractivity contribution in [1.82, 2.24) is 9.78 Å². The number of nitrogen functional groups attached to an aromatic ring is 1. The maximum atomic E-state index is 13.2. The zero-order valence-corrected chi connectivity index (χ0v) is 10.1. The largest absolute Gasteiger partial charge is 0.396 e. The molecule has 3 N–H and O–H groups in total. The molecular weight excluding hydrogens is 235 g/mol. The SMILES string of the molecule is Cc1cc(NC(=O)c2cccc(F)c2N)n(C)n1. The molecule has 0 fully saturated rings. The van der Waals surface area contributed by atoms with Gasteiger partial charge in [-0.2, -0.15) is 5.10 Å². The Morgan fingerprint density at radius 1 is 1.50 bits per heavy atom. The predicted molar refractivity (Wildman–Crippen MR) is 66.7 cm³/mol. The zero-order valence-electron chi connectivity index (χ0n) is 10.1. The van der Waals surface area contributed by atoms with E-state index in [1.54, 1.807) is 13.1 Å². The van der Waals surface area contributed by atoms with Crippen molar-refractivity contribution in [2.75, 3.05) is 11.1 Å². The van der Waals surface area contributed by atoms with Gasteiger partial charge in [-0.15, -0.1) is 0 Å². The molecular formula is C12H13FN4O. The van der Waals surface area contributed by atoms with Crippen LogP contribution in [0.5, 0.6) is 0 Å². The van der Waals surface area contributed by atoms with Crippen LogP contribution in [0.4, 0.5) is 15.9 Å². The first-order valence-corrected chi connectivity index (χ1v) is 5.35. The lowest BCUT2D eigenvalue weighted by Gasteiger charge is -2.07. The van der Waals surface area contributed by atoms with Crippen LogP contribution >= 0.6 is 0 Å². The highest BCUT2D eigenvalue weighted by Gasteiger charge is 2.14. The number of anilines is 2. The van der Waals surface area contributed by atoms with Crippen LogP contribution < -0.4 is 11.1 Å². The number of hydrogen-bond donors (Lipinski definition) is 2. The first-order chi connectivity index (χ1) is 8.49. The van der Waals surface area contributed by atoms with Crippen LogP contribution in [0.1, 0.15) is 16.1 Å². The van der Waals surface area contributed by atoms with Gasteiger partial charge in [-0.05, 0) is 19.1 Å². The maximum Gasteiger partial charge on any atom is 0.259 e. The van der Waals surface area contributed by atoms with Gasteiger partial charge in [0.15, 0.2) is 0 Å². The number of nitrogens with one attached hydrogen (secondary N) is 1. The van der Waals surface area contributed by atoms with E-state index in [-0.39, 0.29) is 11.3 Å². The highest BCUT2D eigenvalue weighted by Crippen LogP contribution is 2.17. The standard InChI is InChI=1S/C12H13FN4O/c1-7-6-10(17(2)16-7)15-12(18)8-4-3-5-9(13)11(8)14/h3-6H,14H2,1-2H3,(H,15,18). The van der Waals surface area contributed by atoms with Crippen molar-refractivity contribution in [3.8, 4) is 0 Å². The van der Waals surface area contributed by atoms with Gasteiger partial charge in [0.1, 0.15) is 11.6 Å². The molecule has 0 aliphatic heterocycles. The average molecular weight is 248 g/mol. The number of carbonyl (C=O) groups is 1. The van der Waals surface area contributed by atoms with E-state index in [1.807, 2.05) is 6.92 Å². The van der Waals surface area contributed by atoms with E-state index < -0.39 is 11.7 Å². The fourth-order valence-electron chi connectivity index (χ4n) is 1.65. The van der Waals surface area contributed by atoms with Gasteiger partial charge in [0, 0.05) is 13.1 Å². The van der Waals surface area contributed by atoms with Crippen LogP contribution in [0.2, 0.25) is 0 Å². The van der Waals surface area contributed by atoms with E-state index in [1.165, 1.54) is 22.9 Å². The van der Waals surface area contributed by atoms with Crippen molar-refractivity contribution >= 4 is 17.4 Å². The minimum Gasteiger partial charge on any atom is -0.396 e. The number of carbonyl (C=O) groups excluding carboxylic acids is 1. The lowest BCUT2D eigenvalue weighted by atomic mass is 10.1. The molecule has 0 unspecified atom stereocenters. The van der Waals surface area contributed by atoms with Crippen LogP contribution in [-0.2, 0) is 7.05 Å². The Bertz CT molecular complexity index is 606. The molecule has 6 heteroatoms. The Morgan fingerprint density at radius 2 is 2.22 bits per heavy atom. The van der Waals surface area contributed by atoms with Crippen LogP contribution in [-0.4, -0.2) is 15.7 Å². The number of para-hydroxylation sites is 1. The molecule has 1 aromatic carbocycles. The molecule has 1 heterocycles. The van der Waals surface area contributed by atoms with Gasteiger partial charge >= 0.3 is 0 Å². The van der Waals surface area contributed by atoms with Gasteiger partial charge in [-0.25, -0.2) is 4.39 Å². The normalized spacial score (nSPS) is 10.4. The Balaban J connectivity index is 2.27. The van der Waals surface area contributed by atoms with Crippen molar-refractivity contribution in [2.24, 2.45) is 7.05 Å². The van der Waals surface area contributed by atoms with Gasteiger partial charge < -0.3 is 11.1 Å². The number of hydrogen-bond acceptors (Lipinski definition) is 3. The van der Waals surface area contributed by atoms with Crippen LogP contribution in [0, 0.1) is 12.7 Å². The van der Waals surface area contributed by atoms with Crippen LogP contribution in [0.3, 0.4) is 0 Å². The molecule has 18 heavy (non-hydrogen) atoms. The number of rotatable bonds is 2. The summed E-state index contributed by atoms with van der Waals surface area (Å²) in [6, 6.07) is 5.83. The van der Waals surface area contributed by atoms with E-state index >= 15 is 0 Å². The fourth-order valence-corrected chi connectivity index (χ4v) is 1.65. The molecule has 0 bridgehead atoms. The van der Waals surface area contributed by atoms with Crippen molar-refractivity contribution in [2.45, 2.75) is 6.92 Å². The topological polar surface area (TPSA) is 72.9 Å². The third-order valence-electron chi connectivity index (χ3n) is 2.54. The van der Waals surface area contributed by atoms with Crippen molar-refractivity contribution in [3.05, 3.63) is 41.3 Å². The quantitative estimate of drug-likeness (QED) is 0.794. The number of nitrogens with zero attached hydrogens (tertiary/aromatic N) is 2.